The first kappa shape index (κ1) is 25.0. The van der Waals surface area contributed by atoms with E-state index in [1.165, 1.54) is 0 Å². The summed E-state index contributed by atoms with van der Waals surface area (Å²) in [7, 11) is 0. The predicted octanol–water partition coefficient (Wildman–Crippen LogP) is 2.96. The normalized spacial score (nSPS) is 26.1. The summed E-state index contributed by atoms with van der Waals surface area (Å²) in [5.41, 5.74) is -0.0897. The molecule has 0 bridgehead atoms. The van der Waals surface area contributed by atoms with Crippen LogP contribution in [0.1, 0.15) is 46.0 Å². The molecule has 2 unspecified atom stereocenters. The quantitative estimate of drug-likeness (QED) is 0.684. The molecule has 1 aliphatic carbocycles. The van der Waals surface area contributed by atoms with Crippen LogP contribution in [0.2, 0.25) is 0 Å². The molecule has 8 heteroatoms. The average Bonchev–Trinajstić information content (AvgIpc) is 3.37. The number of aromatic nitrogens is 2. The highest BCUT2D eigenvalue weighted by atomic mass is 16.3. The zero-order valence-electron chi connectivity index (χ0n) is 21.5. The van der Waals surface area contributed by atoms with Gasteiger partial charge in [-0.1, -0.05) is 57.0 Å². The fraction of sp³-hybridized carbons (Fsp3) is 0.607. The van der Waals surface area contributed by atoms with Gasteiger partial charge in [0.2, 0.25) is 0 Å². The lowest BCUT2D eigenvalue weighted by molar-refractivity contribution is -0.137. The highest BCUT2D eigenvalue weighted by Gasteiger charge is 2.56. The third-order valence-electron chi connectivity index (χ3n) is 8.79. The number of benzene rings is 1. The summed E-state index contributed by atoms with van der Waals surface area (Å²) in [5.74, 6) is 0.377. The Balaban J connectivity index is 1.36. The zero-order chi connectivity index (χ0) is 25.3. The summed E-state index contributed by atoms with van der Waals surface area (Å²) < 4.78 is 1.55. The number of nitrogens with one attached hydrogen (secondary N) is 1. The standard InChI is InChI=1S/C28H39N5O3/c1-21(2)24-17-29-13-15-33(24)26(35)31-14-12-28(36,27(18-31)10-6-7-11-27)19-32-20-30-23(16-25(32)34)22-8-4-3-5-9-22/h3-5,8-9,16,20-21,24,29,36H,6-7,10-15,17-19H2,1-2H3. The predicted molar refractivity (Wildman–Crippen MR) is 140 cm³/mol. The Labute approximate surface area is 213 Å². The van der Waals surface area contributed by atoms with Gasteiger partial charge in [0.25, 0.3) is 5.56 Å². The third-order valence-corrected chi connectivity index (χ3v) is 8.79. The van der Waals surface area contributed by atoms with Crippen LogP contribution in [-0.4, -0.2) is 74.9 Å². The second kappa shape index (κ2) is 9.98. The van der Waals surface area contributed by atoms with Crippen LogP contribution in [0, 0.1) is 11.3 Å². The first-order valence-corrected chi connectivity index (χ1v) is 13.4. The van der Waals surface area contributed by atoms with Crippen molar-refractivity contribution >= 4 is 6.03 Å². The number of amides is 2. The van der Waals surface area contributed by atoms with Gasteiger partial charge in [-0.2, -0.15) is 0 Å². The second-order valence-corrected chi connectivity index (χ2v) is 11.3. The molecule has 2 N–H and O–H groups in total. The van der Waals surface area contributed by atoms with Crippen molar-refractivity contribution in [1.29, 1.82) is 0 Å². The number of rotatable bonds is 4. The molecule has 2 amide bonds. The monoisotopic (exact) mass is 493 g/mol. The fourth-order valence-corrected chi connectivity index (χ4v) is 6.60. The Morgan fingerprint density at radius 3 is 2.61 bits per heavy atom. The van der Waals surface area contributed by atoms with Gasteiger partial charge in [-0.25, -0.2) is 9.78 Å². The lowest BCUT2D eigenvalue weighted by Crippen LogP contribution is -2.65. The van der Waals surface area contributed by atoms with Gasteiger partial charge in [-0.15, -0.1) is 0 Å². The molecule has 5 rings (SSSR count). The Morgan fingerprint density at radius 1 is 1.17 bits per heavy atom. The molecule has 1 aromatic heterocycles. The molecule has 8 nitrogen and oxygen atoms in total. The average molecular weight is 494 g/mol. The highest BCUT2D eigenvalue weighted by molar-refractivity contribution is 5.75. The van der Waals surface area contributed by atoms with E-state index in [1.54, 1.807) is 17.0 Å². The Hall–Kier alpha value is -2.71. The maximum absolute atomic E-state index is 13.7. The maximum Gasteiger partial charge on any atom is 0.320 e. The van der Waals surface area contributed by atoms with E-state index in [2.05, 4.69) is 24.1 Å². The minimum atomic E-state index is -1.05. The molecule has 3 fully saturated rings. The second-order valence-electron chi connectivity index (χ2n) is 11.3. The van der Waals surface area contributed by atoms with E-state index in [1.807, 2.05) is 40.1 Å². The molecular weight excluding hydrogens is 454 g/mol. The van der Waals surface area contributed by atoms with Crippen LogP contribution < -0.4 is 10.9 Å². The smallest absolute Gasteiger partial charge is 0.320 e. The van der Waals surface area contributed by atoms with Gasteiger partial charge in [0.1, 0.15) is 0 Å². The number of likely N-dealkylation sites (tertiary alicyclic amines) is 1. The van der Waals surface area contributed by atoms with Crippen molar-refractivity contribution in [3.63, 3.8) is 0 Å². The van der Waals surface area contributed by atoms with Crippen molar-refractivity contribution in [1.82, 2.24) is 24.7 Å². The third kappa shape index (κ3) is 4.57. The van der Waals surface area contributed by atoms with Gasteiger partial charge in [0, 0.05) is 55.8 Å². The SMILES string of the molecule is CC(C)C1CNCCN1C(=O)N1CCC(O)(Cn2cnc(-c3ccccc3)cc2=O)C2(CCCC2)C1. The van der Waals surface area contributed by atoms with Crippen molar-refractivity contribution in [3.05, 3.63) is 53.1 Å². The molecule has 2 aromatic rings. The van der Waals surface area contributed by atoms with Crippen LogP contribution in [0.4, 0.5) is 4.79 Å². The van der Waals surface area contributed by atoms with Gasteiger partial charge < -0.3 is 20.2 Å². The molecule has 36 heavy (non-hydrogen) atoms. The van der Waals surface area contributed by atoms with Crippen LogP contribution in [0.25, 0.3) is 11.3 Å². The molecule has 3 heterocycles. The largest absolute Gasteiger partial charge is 0.387 e. The minimum absolute atomic E-state index is 0.0922. The van der Waals surface area contributed by atoms with E-state index in [4.69, 9.17) is 0 Å². The van der Waals surface area contributed by atoms with Crippen LogP contribution in [0.15, 0.2) is 47.5 Å². The van der Waals surface area contributed by atoms with Crippen molar-refractivity contribution < 1.29 is 9.90 Å². The highest BCUT2D eigenvalue weighted by Crippen LogP contribution is 2.51. The van der Waals surface area contributed by atoms with Crippen LogP contribution >= 0.6 is 0 Å². The van der Waals surface area contributed by atoms with Crippen LogP contribution in [0.3, 0.4) is 0 Å². The summed E-state index contributed by atoms with van der Waals surface area (Å²) in [6, 6.07) is 11.5. The number of piperidine rings is 1. The molecule has 1 aromatic carbocycles. The first-order valence-electron chi connectivity index (χ1n) is 13.4. The van der Waals surface area contributed by atoms with E-state index in [0.29, 0.717) is 37.7 Å². The van der Waals surface area contributed by atoms with Crippen LogP contribution in [-0.2, 0) is 6.54 Å². The fourth-order valence-electron chi connectivity index (χ4n) is 6.60. The van der Waals surface area contributed by atoms with E-state index in [0.717, 1.165) is 44.3 Å². The summed E-state index contributed by atoms with van der Waals surface area (Å²) >= 11 is 0. The Bertz CT molecular complexity index is 1130. The number of hydrogen-bond donors (Lipinski definition) is 2. The summed E-state index contributed by atoms with van der Waals surface area (Å²) in [4.78, 5) is 35.3. The molecular formula is C28H39N5O3. The maximum atomic E-state index is 13.7. The minimum Gasteiger partial charge on any atom is -0.387 e. The topological polar surface area (TPSA) is 90.7 Å². The number of carbonyl (C=O) groups is 1. The number of hydrogen-bond acceptors (Lipinski definition) is 5. The molecule has 2 saturated heterocycles. The van der Waals surface area contributed by atoms with Crippen molar-refractivity contribution in [3.8, 4) is 11.3 Å². The van der Waals surface area contributed by atoms with Gasteiger partial charge in [0.15, 0.2) is 0 Å². The van der Waals surface area contributed by atoms with Crippen molar-refractivity contribution in [2.24, 2.45) is 11.3 Å². The Kier molecular flexibility index (Phi) is 6.92. The molecule has 2 atom stereocenters. The number of piperazine rings is 1. The van der Waals surface area contributed by atoms with Gasteiger partial charge in [-0.05, 0) is 25.2 Å². The van der Waals surface area contributed by atoms with Crippen molar-refractivity contribution in [2.45, 2.75) is 64.1 Å². The zero-order valence-corrected chi connectivity index (χ0v) is 21.5. The van der Waals surface area contributed by atoms with Gasteiger partial charge in [0.05, 0.1) is 24.2 Å². The molecule has 3 aliphatic rings. The number of urea groups is 1. The van der Waals surface area contributed by atoms with Crippen molar-refractivity contribution in [2.75, 3.05) is 32.7 Å². The van der Waals surface area contributed by atoms with E-state index < -0.39 is 11.0 Å². The summed E-state index contributed by atoms with van der Waals surface area (Å²) in [5, 5.41) is 15.5. The number of aliphatic hydroxyl groups is 1. The first-order chi connectivity index (χ1) is 17.3. The van der Waals surface area contributed by atoms with Crippen LogP contribution in [0.5, 0.6) is 0 Å². The molecule has 194 valence electrons. The van der Waals surface area contributed by atoms with E-state index in [-0.39, 0.29) is 24.2 Å². The van der Waals surface area contributed by atoms with Gasteiger partial charge >= 0.3 is 6.03 Å². The van der Waals surface area contributed by atoms with E-state index in [9.17, 15) is 14.7 Å². The number of nitrogens with zero attached hydrogens (tertiary/aromatic N) is 4. The van der Waals surface area contributed by atoms with E-state index >= 15 is 0 Å². The summed E-state index contributed by atoms with van der Waals surface area (Å²) in [6.07, 6.45) is 5.83. The molecule has 0 radical (unpaired) electrons. The number of carbonyl (C=O) groups excluding carboxylic acids is 1. The lowest BCUT2D eigenvalue weighted by Gasteiger charge is -2.53. The Morgan fingerprint density at radius 2 is 1.92 bits per heavy atom. The molecule has 1 spiro atoms. The molecule has 2 aliphatic heterocycles. The molecule has 1 saturated carbocycles. The lowest BCUT2D eigenvalue weighted by atomic mass is 9.66. The summed E-state index contributed by atoms with van der Waals surface area (Å²) in [6.45, 7) is 7.92. The van der Waals surface area contributed by atoms with Gasteiger partial charge in [-0.3, -0.25) is 9.36 Å².